The highest BCUT2D eigenvalue weighted by molar-refractivity contribution is 8.00. The third-order valence-corrected chi connectivity index (χ3v) is 15.1. The van der Waals surface area contributed by atoms with Crippen LogP contribution in [0.4, 0.5) is 34.1 Å². The SMILES string of the molecule is CC1(C)C(/C=C/C=C/C=C2\N(CC(=O)N3c4ccccc4Sc4ccc(Cl)cc43)c3ccccc3C2(C)C)=[N+](C(=O)CN2c3ccccc3Sc3ccc(Cl)cc32)c2ccccc21. The van der Waals surface area contributed by atoms with Crippen molar-refractivity contribution in [2.75, 3.05) is 27.8 Å². The van der Waals surface area contributed by atoms with Gasteiger partial charge in [0.2, 0.25) is 11.4 Å². The fourth-order valence-electron chi connectivity index (χ4n) is 9.35. The van der Waals surface area contributed by atoms with E-state index in [1.165, 1.54) is 0 Å². The maximum atomic E-state index is 14.8. The van der Waals surface area contributed by atoms with Crippen molar-refractivity contribution in [2.24, 2.45) is 0 Å². The Morgan fingerprint density at radius 3 is 1.87 bits per heavy atom. The fourth-order valence-corrected chi connectivity index (χ4v) is 11.8. The molecule has 4 heterocycles. The minimum atomic E-state index is -0.452. The van der Waals surface area contributed by atoms with E-state index in [-0.39, 0.29) is 30.3 Å². The number of rotatable bonds is 7. The molecule has 0 radical (unpaired) electrons. The van der Waals surface area contributed by atoms with E-state index in [1.807, 2.05) is 119 Å². The minimum absolute atomic E-state index is 0.0444. The molecule has 0 aromatic heterocycles. The maximum Gasteiger partial charge on any atom is 0.412 e. The Labute approximate surface area is 386 Å². The van der Waals surface area contributed by atoms with Crippen LogP contribution in [0.15, 0.2) is 189 Å². The number of nitrogens with zero attached hydrogens (tertiary/aromatic N) is 4. The molecule has 0 saturated heterocycles. The average molecular weight is 903 g/mol. The Bertz CT molecular complexity index is 3020. The first-order valence-corrected chi connectivity index (χ1v) is 23.3. The molecule has 0 N–H and O–H groups in total. The van der Waals surface area contributed by atoms with Gasteiger partial charge in [0.15, 0.2) is 0 Å². The number of amides is 2. The molecule has 10 rings (SSSR count). The van der Waals surface area contributed by atoms with Gasteiger partial charge in [-0.05, 0) is 92.2 Å². The lowest BCUT2D eigenvalue weighted by molar-refractivity contribution is -0.362. The highest BCUT2D eigenvalue weighted by Gasteiger charge is 2.48. The van der Waals surface area contributed by atoms with Crippen LogP contribution < -0.4 is 14.7 Å². The van der Waals surface area contributed by atoms with Crippen LogP contribution in [0.5, 0.6) is 0 Å². The Morgan fingerprint density at radius 2 is 1.14 bits per heavy atom. The first kappa shape index (κ1) is 41.3. The number of halogens is 2. The molecule has 2 amide bonds. The van der Waals surface area contributed by atoms with Gasteiger partial charge in [0.25, 0.3) is 5.91 Å². The zero-order chi connectivity index (χ0) is 43.6. The zero-order valence-electron chi connectivity index (χ0n) is 35.2. The van der Waals surface area contributed by atoms with Crippen molar-refractivity contribution in [3.63, 3.8) is 0 Å². The number of carbonyl (C=O) groups is 2. The van der Waals surface area contributed by atoms with Crippen molar-refractivity contribution in [1.29, 1.82) is 0 Å². The molecule has 0 bridgehead atoms. The second-order valence-electron chi connectivity index (χ2n) is 17.0. The van der Waals surface area contributed by atoms with Gasteiger partial charge >= 0.3 is 5.91 Å². The number of carbonyl (C=O) groups excluding carboxylic acids is 2. The van der Waals surface area contributed by atoms with Crippen LogP contribution in [0.3, 0.4) is 0 Å². The molecule has 0 spiro atoms. The number of hydrogen-bond acceptors (Lipinski definition) is 6. The summed E-state index contributed by atoms with van der Waals surface area (Å²) in [6, 6.07) is 44.3. The molecule has 6 aromatic carbocycles. The first-order valence-electron chi connectivity index (χ1n) is 20.9. The van der Waals surface area contributed by atoms with E-state index in [1.54, 1.807) is 23.5 Å². The number of anilines is 5. The molecule has 0 atom stereocenters. The average Bonchev–Trinajstić information content (AvgIpc) is 3.63. The van der Waals surface area contributed by atoms with E-state index < -0.39 is 5.41 Å². The molecular formula is C53H43Cl2N4O2S2+. The summed E-state index contributed by atoms with van der Waals surface area (Å²) in [7, 11) is 0. The van der Waals surface area contributed by atoms with Gasteiger partial charge in [-0.25, -0.2) is 4.79 Å². The molecule has 0 unspecified atom stereocenters. The largest absolute Gasteiger partial charge is 0.412 e. The van der Waals surface area contributed by atoms with Crippen molar-refractivity contribution in [2.45, 2.75) is 58.1 Å². The summed E-state index contributed by atoms with van der Waals surface area (Å²) in [5.41, 5.74) is 8.72. The van der Waals surface area contributed by atoms with Gasteiger partial charge in [-0.1, -0.05) is 139 Å². The number of fused-ring (bicyclic) bond motifs is 6. The van der Waals surface area contributed by atoms with Gasteiger partial charge in [-0.15, -0.1) is 4.58 Å². The van der Waals surface area contributed by atoms with Crippen LogP contribution in [-0.2, 0) is 20.4 Å². The number of benzene rings is 6. The molecular weight excluding hydrogens is 860 g/mol. The second kappa shape index (κ2) is 16.1. The lowest BCUT2D eigenvalue weighted by Crippen LogP contribution is -2.39. The molecule has 0 aliphatic carbocycles. The van der Waals surface area contributed by atoms with Crippen molar-refractivity contribution in [3.05, 3.63) is 191 Å². The van der Waals surface area contributed by atoms with Gasteiger partial charge in [-0.2, -0.15) is 0 Å². The van der Waals surface area contributed by atoms with Crippen molar-refractivity contribution in [3.8, 4) is 0 Å². The third-order valence-electron chi connectivity index (χ3n) is 12.4. The Kier molecular flexibility index (Phi) is 10.5. The normalized spacial score (nSPS) is 17.2. The molecule has 6 nitrogen and oxygen atoms in total. The van der Waals surface area contributed by atoms with E-state index in [9.17, 15) is 9.59 Å². The Morgan fingerprint density at radius 1 is 0.571 bits per heavy atom. The third kappa shape index (κ3) is 7.14. The summed E-state index contributed by atoms with van der Waals surface area (Å²) in [6.45, 7) is 9.00. The first-order chi connectivity index (χ1) is 30.4. The van der Waals surface area contributed by atoms with E-state index in [0.29, 0.717) is 10.0 Å². The molecule has 10 heteroatoms. The molecule has 0 fully saturated rings. The maximum absolute atomic E-state index is 14.8. The Hall–Kier alpha value is -5.77. The van der Waals surface area contributed by atoms with E-state index >= 15 is 0 Å². The summed E-state index contributed by atoms with van der Waals surface area (Å²) in [6.07, 6.45) is 10.2. The molecule has 312 valence electrons. The van der Waals surface area contributed by atoms with Crippen LogP contribution in [0.2, 0.25) is 10.0 Å². The second-order valence-corrected chi connectivity index (χ2v) is 20.0. The van der Waals surface area contributed by atoms with Crippen LogP contribution in [0.1, 0.15) is 38.8 Å². The lowest BCUT2D eigenvalue weighted by atomic mass is 9.81. The molecule has 63 heavy (non-hydrogen) atoms. The van der Waals surface area contributed by atoms with E-state index in [4.69, 9.17) is 23.2 Å². The van der Waals surface area contributed by atoms with Crippen LogP contribution in [0, 0.1) is 0 Å². The number of hydrogen-bond donors (Lipinski definition) is 0. The number of allylic oxidation sites excluding steroid dienone is 6. The smallest absolute Gasteiger partial charge is 0.335 e. The van der Waals surface area contributed by atoms with Gasteiger partial charge in [0.05, 0.1) is 28.2 Å². The van der Waals surface area contributed by atoms with E-state index in [0.717, 1.165) is 76.2 Å². The predicted octanol–water partition coefficient (Wildman–Crippen LogP) is 13.8. The van der Waals surface area contributed by atoms with Crippen LogP contribution >= 0.6 is 46.7 Å². The van der Waals surface area contributed by atoms with Gasteiger partial charge in [0, 0.05) is 64.1 Å². The van der Waals surface area contributed by atoms with Crippen molar-refractivity contribution >= 4 is 98.4 Å². The van der Waals surface area contributed by atoms with Crippen molar-refractivity contribution < 1.29 is 14.2 Å². The van der Waals surface area contributed by atoms with Crippen LogP contribution in [-0.4, -0.2) is 35.2 Å². The van der Waals surface area contributed by atoms with E-state index in [2.05, 4.69) is 92.1 Å². The van der Waals surface area contributed by atoms with Crippen molar-refractivity contribution in [1.82, 2.24) is 0 Å². The minimum Gasteiger partial charge on any atom is -0.335 e. The summed E-state index contributed by atoms with van der Waals surface area (Å²) in [5.74, 6) is -0.104. The van der Waals surface area contributed by atoms with Gasteiger partial charge in [0.1, 0.15) is 13.1 Å². The number of para-hydroxylation sites is 4. The molecule has 4 aliphatic rings. The lowest BCUT2D eigenvalue weighted by Gasteiger charge is -2.33. The highest BCUT2D eigenvalue weighted by Crippen LogP contribution is 2.52. The molecule has 4 aliphatic heterocycles. The Balaban J connectivity index is 0.978. The zero-order valence-corrected chi connectivity index (χ0v) is 38.3. The summed E-state index contributed by atoms with van der Waals surface area (Å²) < 4.78 is 1.89. The topological polar surface area (TPSA) is 46.9 Å². The quantitative estimate of drug-likeness (QED) is 0.117. The summed E-state index contributed by atoms with van der Waals surface area (Å²) >= 11 is 16.4. The summed E-state index contributed by atoms with van der Waals surface area (Å²) in [4.78, 5) is 39.7. The van der Waals surface area contributed by atoms with Gasteiger partial charge in [-0.3, -0.25) is 9.69 Å². The van der Waals surface area contributed by atoms with Crippen LogP contribution in [0.25, 0.3) is 0 Å². The van der Waals surface area contributed by atoms with Gasteiger partial charge < -0.3 is 9.80 Å². The summed E-state index contributed by atoms with van der Waals surface area (Å²) in [5, 5.41) is 1.20. The standard InChI is InChI=1S/C53H43Cl2N4O2S2/c1-52(2)36-16-8-10-18-38(36)57(33-50(60)58-41-21-13-15-23-45(41)63-47-29-27-35(55)31-43(47)58)48(52)24-6-5-7-25-49-53(3,4)37-17-9-11-19-39(37)59(49)51(61)32-56-40-20-12-14-22-44(40)62-46-28-26-34(54)30-42(46)56/h5-31H,32-33H2,1-4H3/q+1. The monoisotopic (exact) mass is 901 g/mol. The fraction of sp³-hybridized carbons (Fsp3) is 0.151. The molecule has 0 saturated carbocycles. The predicted molar refractivity (Wildman–Crippen MR) is 261 cm³/mol. The molecule has 6 aromatic rings. The highest BCUT2D eigenvalue weighted by atomic mass is 35.5.